The molecule has 0 saturated heterocycles. The summed E-state index contributed by atoms with van der Waals surface area (Å²) in [6, 6.07) is 15.2. The van der Waals surface area contributed by atoms with Gasteiger partial charge in [-0.3, -0.25) is 9.48 Å². The van der Waals surface area contributed by atoms with Crippen LogP contribution in [0.5, 0.6) is 0 Å². The minimum absolute atomic E-state index is 0. The molecule has 2 aromatic heterocycles. The second kappa shape index (κ2) is 9.76. The normalized spacial score (nSPS) is 11.3. The smallest absolute Gasteiger partial charge is 0.267 e. The first-order chi connectivity index (χ1) is 15.3. The Morgan fingerprint density at radius 2 is 1.76 bits per heavy atom. The third-order valence-corrected chi connectivity index (χ3v) is 6.45. The van der Waals surface area contributed by atoms with Crippen LogP contribution in [0, 0.1) is 0 Å². The van der Waals surface area contributed by atoms with E-state index in [1.807, 2.05) is 13.2 Å². The Labute approximate surface area is 197 Å². The molecule has 10 heteroatoms. The van der Waals surface area contributed by atoms with Crippen molar-refractivity contribution < 1.29 is 13.2 Å². The molecule has 0 unspecified atom stereocenters. The monoisotopic (exact) mass is 483 g/mol. The molecule has 0 fully saturated rings. The van der Waals surface area contributed by atoms with E-state index in [9.17, 15) is 13.2 Å². The summed E-state index contributed by atoms with van der Waals surface area (Å²) >= 11 is 0. The molecule has 0 aliphatic heterocycles. The number of halogens is 1. The zero-order valence-corrected chi connectivity index (χ0v) is 19.3. The fourth-order valence-electron chi connectivity index (χ4n) is 3.11. The number of amides is 1. The fourth-order valence-corrected chi connectivity index (χ4v) is 4.31. The number of nitrogens with one attached hydrogen (secondary N) is 1. The van der Waals surface area contributed by atoms with Gasteiger partial charge in [-0.15, -0.1) is 12.4 Å². The Morgan fingerprint density at radius 3 is 2.42 bits per heavy atom. The zero-order chi connectivity index (χ0) is 22.7. The predicted molar refractivity (Wildman–Crippen MR) is 131 cm³/mol. The predicted octanol–water partition coefficient (Wildman–Crippen LogP) is 3.78. The average molecular weight is 484 g/mol. The van der Waals surface area contributed by atoms with Crippen molar-refractivity contribution in [2.45, 2.75) is 4.90 Å². The van der Waals surface area contributed by atoms with Gasteiger partial charge in [0.1, 0.15) is 0 Å². The largest absolute Gasteiger partial charge is 0.397 e. The first kappa shape index (κ1) is 23.8. The van der Waals surface area contributed by atoms with Crippen LogP contribution < -0.4 is 11.1 Å². The summed E-state index contributed by atoms with van der Waals surface area (Å²) in [5.41, 5.74) is 9.13. The van der Waals surface area contributed by atoms with E-state index in [1.165, 1.54) is 24.5 Å². The molecule has 4 aromatic rings. The molecule has 8 nitrogen and oxygen atoms in total. The van der Waals surface area contributed by atoms with E-state index in [1.54, 1.807) is 65.5 Å². The highest BCUT2D eigenvalue weighted by Crippen LogP contribution is 2.22. The van der Waals surface area contributed by atoms with Crippen LogP contribution in [0.25, 0.3) is 17.2 Å². The lowest BCUT2D eigenvalue weighted by atomic mass is 10.1. The molecule has 0 radical (unpaired) electrons. The summed E-state index contributed by atoms with van der Waals surface area (Å²) in [4.78, 5) is 12.3. The second-order valence-electron chi connectivity index (χ2n) is 7.12. The van der Waals surface area contributed by atoms with Crippen molar-refractivity contribution in [3.63, 3.8) is 0 Å². The van der Waals surface area contributed by atoms with E-state index in [-0.39, 0.29) is 23.2 Å². The van der Waals surface area contributed by atoms with Crippen molar-refractivity contribution in [2.75, 3.05) is 11.1 Å². The summed E-state index contributed by atoms with van der Waals surface area (Å²) < 4.78 is 28.7. The Hall–Kier alpha value is -3.82. The molecule has 3 N–H and O–H groups in total. The number of nitrogens with two attached hydrogens (primary N) is 1. The SMILES string of the molecule is Cl.Cn1cc(-c2ccc(S(=O)(=O)n3ccc(/C=C/C(=O)Nc4ccccc4N)c3)cc2)cn1. The minimum atomic E-state index is -3.76. The zero-order valence-electron chi connectivity index (χ0n) is 17.6. The number of carbonyl (C=O) groups is 1. The Morgan fingerprint density at radius 1 is 1.03 bits per heavy atom. The number of nitrogen functional groups attached to an aromatic ring is 1. The lowest BCUT2D eigenvalue weighted by molar-refractivity contribution is -0.111. The van der Waals surface area contributed by atoms with Gasteiger partial charge >= 0.3 is 0 Å². The molecule has 4 rings (SSSR count). The van der Waals surface area contributed by atoms with E-state index in [0.29, 0.717) is 16.9 Å². The summed E-state index contributed by atoms with van der Waals surface area (Å²) in [5.74, 6) is -0.371. The van der Waals surface area contributed by atoms with Crippen molar-refractivity contribution in [3.05, 3.63) is 91.0 Å². The number of benzene rings is 2. The molecule has 0 bridgehead atoms. The van der Waals surface area contributed by atoms with Gasteiger partial charge in [-0.25, -0.2) is 12.4 Å². The fraction of sp³-hybridized carbons (Fsp3) is 0.0435. The molecule has 170 valence electrons. The lowest BCUT2D eigenvalue weighted by Crippen LogP contribution is -2.10. The average Bonchev–Trinajstić information content (AvgIpc) is 3.44. The van der Waals surface area contributed by atoms with Crippen LogP contribution in [0.3, 0.4) is 0 Å². The Bertz CT molecular complexity index is 1410. The van der Waals surface area contributed by atoms with E-state index in [4.69, 9.17) is 5.73 Å². The number of aryl methyl sites for hydroxylation is 1. The molecule has 0 atom stereocenters. The highest BCUT2D eigenvalue weighted by molar-refractivity contribution is 7.90. The van der Waals surface area contributed by atoms with Crippen LogP contribution >= 0.6 is 12.4 Å². The molecule has 0 spiro atoms. The van der Waals surface area contributed by atoms with Gasteiger partial charge in [0.05, 0.1) is 22.5 Å². The van der Waals surface area contributed by atoms with Gasteiger partial charge in [-0.1, -0.05) is 24.3 Å². The number of carbonyl (C=O) groups excluding carboxylic acids is 1. The first-order valence-corrected chi connectivity index (χ1v) is 11.1. The summed E-state index contributed by atoms with van der Waals surface area (Å²) in [6.07, 6.45) is 9.32. The number of anilines is 2. The Kier molecular flexibility index (Phi) is 7.05. The van der Waals surface area contributed by atoms with Crippen molar-refractivity contribution >= 4 is 45.8 Å². The van der Waals surface area contributed by atoms with Gasteiger partial charge in [0.15, 0.2) is 0 Å². The van der Waals surface area contributed by atoms with E-state index in [2.05, 4.69) is 10.4 Å². The molecule has 33 heavy (non-hydrogen) atoms. The number of hydrogen-bond acceptors (Lipinski definition) is 5. The molecule has 2 heterocycles. The van der Waals surface area contributed by atoms with E-state index in [0.717, 1.165) is 15.1 Å². The topological polar surface area (TPSA) is 112 Å². The number of para-hydroxylation sites is 2. The molecule has 2 aromatic carbocycles. The standard InChI is InChI=1S/C23H21N5O3S.ClH/c1-27-16-19(14-25-27)18-7-9-20(10-8-18)32(30,31)28-13-12-17(15-28)6-11-23(29)26-22-5-3-2-4-21(22)24;/h2-16H,24H2,1H3,(H,26,29);1H/b11-6+;. The van der Waals surface area contributed by atoms with Gasteiger partial charge in [0, 0.05) is 37.3 Å². The third-order valence-electron chi connectivity index (χ3n) is 4.80. The first-order valence-electron chi connectivity index (χ1n) is 9.69. The molecule has 1 amide bonds. The Balaban J connectivity index is 0.00000306. The van der Waals surface area contributed by atoms with Crippen molar-refractivity contribution in [1.29, 1.82) is 0 Å². The summed E-state index contributed by atoms with van der Waals surface area (Å²) in [7, 11) is -1.94. The maximum absolute atomic E-state index is 12.9. The van der Waals surface area contributed by atoms with E-state index >= 15 is 0 Å². The van der Waals surface area contributed by atoms with Crippen LogP contribution in [0.15, 0.2) is 90.4 Å². The van der Waals surface area contributed by atoms with E-state index < -0.39 is 10.0 Å². The van der Waals surface area contributed by atoms with Crippen LogP contribution in [0.2, 0.25) is 0 Å². The molecule has 0 aliphatic rings. The highest BCUT2D eigenvalue weighted by Gasteiger charge is 2.16. The van der Waals surface area contributed by atoms with Gasteiger partial charge in [0.2, 0.25) is 5.91 Å². The summed E-state index contributed by atoms with van der Waals surface area (Å²) in [6.45, 7) is 0. The van der Waals surface area contributed by atoms with Crippen molar-refractivity contribution in [3.8, 4) is 11.1 Å². The number of aromatic nitrogens is 3. The number of hydrogen-bond donors (Lipinski definition) is 2. The third kappa shape index (κ3) is 5.33. The van der Waals surface area contributed by atoms with Crippen LogP contribution in [0.1, 0.15) is 5.56 Å². The van der Waals surface area contributed by atoms with Gasteiger partial charge in [-0.2, -0.15) is 5.10 Å². The highest BCUT2D eigenvalue weighted by atomic mass is 35.5. The maximum atomic E-state index is 12.9. The maximum Gasteiger partial charge on any atom is 0.267 e. The number of rotatable bonds is 6. The second-order valence-corrected chi connectivity index (χ2v) is 8.96. The van der Waals surface area contributed by atoms with Gasteiger partial charge in [-0.05, 0) is 47.5 Å². The quantitative estimate of drug-likeness (QED) is 0.320. The molecule has 0 saturated carbocycles. The minimum Gasteiger partial charge on any atom is -0.397 e. The van der Waals surface area contributed by atoms with Crippen LogP contribution in [-0.2, 0) is 21.9 Å². The lowest BCUT2D eigenvalue weighted by Gasteiger charge is -2.06. The summed E-state index contributed by atoms with van der Waals surface area (Å²) in [5, 5.41) is 6.81. The molecular formula is C23H22ClN5O3S. The van der Waals surface area contributed by atoms with Crippen LogP contribution in [0.4, 0.5) is 11.4 Å². The van der Waals surface area contributed by atoms with Crippen LogP contribution in [-0.4, -0.2) is 28.1 Å². The van der Waals surface area contributed by atoms with Gasteiger partial charge in [0.25, 0.3) is 10.0 Å². The van der Waals surface area contributed by atoms with Gasteiger partial charge < -0.3 is 11.1 Å². The number of nitrogens with zero attached hydrogens (tertiary/aromatic N) is 3. The van der Waals surface area contributed by atoms with Crippen molar-refractivity contribution in [2.24, 2.45) is 7.05 Å². The molecule has 0 aliphatic carbocycles. The molecular weight excluding hydrogens is 462 g/mol. The van der Waals surface area contributed by atoms with Crippen molar-refractivity contribution in [1.82, 2.24) is 13.8 Å².